The van der Waals surface area contributed by atoms with Gasteiger partial charge >= 0.3 is 0 Å². The van der Waals surface area contributed by atoms with E-state index in [2.05, 4.69) is 185 Å². The third-order valence-electron chi connectivity index (χ3n) is 11.3. The van der Waals surface area contributed by atoms with Crippen LogP contribution in [0.4, 0.5) is 17.1 Å². The van der Waals surface area contributed by atoms with E-state index in [1.165, 1.54) is 27.4 Å². The molecule has 0 aliphatic heterocycles. The first-order valence-electron chi connectivity index (χ1n) is 19.6. The van der Waals surface area contributed by atoms with Crippen molar-refractivity contribution in [3.05, 3.63) is 212 Å². The Labute approximate surface area is 330 Å². The average molecular weight is 732 g/mol. The molecule has 0 spiro atoms. The number of fused-ring (bicyclic) bond motifs is 6. The van der Waals surface area contributed by atoms with Crippen molar-refractivity contribution in [2.45, 2.75) is 12.3 Å². The monoisotopic (exact) mass is 731 g/mol. The molecule has 1 aliphatic carbocycles. The summed E-state index contributed by atoms with van der Waals surface area (Å²) in [5.41, 5.74) is 13.1. The molecular formula is C53H37N3O. The van der Waals surface area contributed by atoms with Crippen molar-refractivity contribution in [1.29, 1.82) is 0 Å². The normalized spacial score (nSPS) is 13.9. The molecule has 11 rings (SSSR count). The second kappa shape index (κ2) is 13.7. The summed E-state index contributed by atoms with van der Waals surface area (Å²) in [6, 6.07) is 65.1. The van der Waals surface area contributed by atoms with Crippen LogP contribution in [0.2, 0.25) is 0 Å². The van der Waals surface area contributed by atoms with Gasteiger partial charge in [0.1, 0.15) is 5.52 Å². The van der Waals surface area contributed by atoms with Gasteiger partial charge in [0, 0.05) is 50.4 Å². The fraction of sp³-hybridized carbons (Fsp3) is 0.0377. The number of aromatic nitrogens is 2. The lowest BCUT2D eigenvalue weighted by molar-refractivity contribution is 0.623. The Morgan fingerprint density at radius 2 is 1.26 bits per heavy atom. The van der Waals surface area contributed by atoms with Gasteiger partial charge in [0.2, 0.25) is 5.89 Å². The number of allylic oxidation sites excluding steroid dienone is 4. The van der Waals surface area contributed by atoms with Crippen molar-refractivity contribution < 1.29 is 4.42 Å². The van der Waals surface area contributed by atoms with E-state index in [1.807, 2.05) is 30.3 Å². The lowest BCUT2D eigenvalue weighted by Gasteiger charge is -2.30. The van der Waals surface area contributed by atoms with Crippen LogP contribution in [-0.2, 0) is 0 Å². The standard InChI is InChI=1S/C53H37N3O/c1-5-15-36(16-6-1)46-33-40(39-26-25-37-27-31-48-52(47(37)34-39)57-53(54-48)38-17-7-2-8-18-38)28-32-50(46)55(41-19-9-3-10-20-41)43-29-30-45-44-23-13-14-24-49(44)56(51(45)35-43)42-21-11-4-12-22-42/h1-15,17-36H,16H2. The summed E-state index contributed by atoms with van der Waals surface area (Å²) >= 11 is 0. The van der Waals surface area contributed by atoms with E-state index in [-0.39, 0.29) is 5.92 Å². The summed E-state index contributed by atoms with van der Waals surface area (Å²) in [5.74, 6) is 0.834. The molecule has 0 bridgehead atoms. The number of hydrogen-bond donors (Lipinski definition) is 0. The number of benzene rings is 8. The number of rotatable bonds is 7. The molecule has 57 heavy (non-hydrogen) atoms. The third-order valence-corrected chi connectivity index (χ3v) is 11.3. The molecule has 270 valence electrons. The van der Waals surface area contributed by atoms with Gasteiger partial charge < -0.3 is 13.9 Å². The molecule has 0 fully saturated rings. The van der Waals surface area contributed by atoms with Crippen molar-refractivity contribution in [2.24, 2.45) is 0 Å². The molecule has 4 nitrogen and oxygen atoms in total. The van der Waals surface area contributed by atoms with Crippen molar-refractivity contribution in [3.63, 3.8) is 0 Å². The molecule has 2 aromatic heterocycles. The van der Waals surface area contributed by atoms with Gasteiger partial charge in [-0.15, -0.1) is 0 Å². The minimum atomic E-state index is 0.200. The minimum absolute atomic E-state index is 0.200. The van der Waals surface area contributed by atoms with Crippen LogP contribution in [0.15, 0.2) is 211 Å². The van der Waals surface area contributed by atoms with Gasteiger partial charge in [-0.1, -0.05) is 127 Å². The van der Waals surface area contributed by atoms with E-state index >= 15 is 0 Å². The molecule has 0 N–H and O–H groups in total. The predicted molar refractivity (Wildman–Crippen MR) is 237 cm³/mol. The van der Waals surface area contributed by atoms with Crippen LogP contribution in [0.3, 0.4) is 0 Å². The first kappa shape index (κ1) is 33.0. The second-order valence-electron chi connectivity index (χ2n) is 14.7. The molecule has 0 saturated carbocycles. The number of hydrogen-bond acceptors (Lipinski definition) is 3. The van der Waals surface area contributed by atoms with Crippen LogP contribution in [-0.4, -0.2) is 9.55 Å². The smallest absolute Gasteiger partial charge is 0.227 e. The molecule has 2 heterocycles. The van der Waals surface area contributed by atoms with Crippen molar-refractivity contribution in [3.8, 4) is 28.3 Å². The summed E-state index contributed by atoms with van der Waals surface area (Å²) in [5, 5.41) is 4.65. The van der Waals surface area contributed by atoms with E-state index in [4.69, 9.17) is 9.40 Å². The maximum Gasteiger partial charge on any atom is 0.227 e. The lowest BCUT2D eigenvalue weighted by Crippen LogP contribution is -2.14. The van der Waals surface area contributed by atoms with Crippen LogP contribution >= 0.6 is 0 Å². The van der Waals surface area contributed by atoms with Gasteiger partial charge in [-0.3, -0.25) is 0 Å². The number of nitrogens with zero attached hydrogens (tertiary/aromatic N) is 3. The number of anilines is 3. The Morgan fingerprint density at radius 1 is 0.544 bits per heavy atom. The molecular weight excluding hydrogens is 695 g/mol. The van der Waals surface area contributed by atoms with E-state index in [0.717, 1.165) is 67.7 Å². The van der Waals surface area contributed by atoms with E-state index < -0.39 is 0 Å². The maximum absolute atomic E-state index is 6.48. The van der Waals surface area contributed by atoms with E-state index in [9.17, 15) is 0 Å². The highest BCUT2D eigenvalue weighted by atomic mass is 16.3. The minimum Gasteiger partial charge on any atom is -0.435 e. The molecule has 0 amide bonds. The highest BCUT2D eigenvalue weighted by molar-refractivity contribution is 6.10. The summed E-state index contributed by atoms with van der Waals surface area (Å²) in [7, 11) is 0. The predicted octanol–water partition coefficient (Wildman–Crippen LogP) is 14.5. The van der Waals surface area contributed by atoms with Crippen molar-refractivity contribution in [2.75, 3.05) is 4.90 Å². The van der Waals surface area contributed by atoms with Gasteiger partial charge in [-0.25, -0.2) is 4.98 Å². The quantitative estimate of drug-likeness (QED) is 0.164. The Hall–Kier alpha value is -7.43. The Balaban J connectivity index is 1.09. The number of oxazole rings is 1. The van der Waals surface area contributed by atoms with Crippen LogP contribution in [0, 0.1) is 0 Å². The highest BCUT2D eigenvalue weighted by Gasteiger charge is 2.23. The van der Waals surface area contributed by atoms with Crippen LogP contribution in [0.1, 0.15) is 17.9 Å². The first-order chi connectivity index (χ1) is 28.3. The Kier molecular flexibility index (Phi) is 7.92. The molecule has 8 aromatic carbocycles. The second-order valence-corrected chi connectivity index (χ2v) is 14.7. The van der Waals surface area contributed by atoms with Gasteiger partial charge in [-0.05, 0) is 107 Å². The fourth-order valence-electron chi connectivity index (χ4n) is 8.59. The summed E-state index contributed by atoms with van der Waals surface area (Å²) in [4.78, 5) is 7.30. The third kappa shape index (κ3) is 5.73. The van der Waals surface area contributed by atoms with Crippen LogP contribution in [0.5, 0.6) is 0 Å². The molecule has 1 aliphatic rings. The summed E-state index contributed by atoms with van der Waals surface area (Å²) in [6.07, 6.45) is 9.88. The molecule has 1 unspecified atom stereocenters. The Morgan fingerprint density at radius 3 is 2.09 bits per heavy atom. The first-order valence-corrected chi connectivity index (χ1v) is 19.6. The summed E-state index contributed by atoms with van der Waals surface area (Å²) in [6.45, 7) is 0. The van der Waals surface area contributed by atoms with Gasteiger partial charge in [0.25, 0.3) is 0 Å². The fourth-order valence-corrected chi connectivity index (χ4v) is 8.59. The van der Waals surface area contributed by atoms with Gasteiger partial charge in [0.05, 0.1) is 11.0 Å². The topological polar surface area (TPSA) is 34.2 Å². The average Bonchev–Trinajstić information content (AvgIpc) is 3.88. The van der Waals surface area contributed by atoms with Crippen LogP contribution in [0.25, 0.3) is 71.9 Å². The molecule has 0 saturated heterocycles. The van der Waals surface area contributed by atoms with Gasteiger partial charge in [-0.2, -0.15) is 0 Å². The zero-order valence-electron chi connectivity index (χ0n) is 31.2. The lowest BCUT2D eigenvalue weighted by atomic mass is 9.88. The zero-order chi connectivity index (χ0) is 37.7. The van der Waals surface area contributed by atoms with Crippen molar-refractivity contribution >= 4 is 60.7 Å². The Bertz CT molecular complexity index is 3160. The van der Waals surface area contributed by atoms with E-state index in [1.54, 1.807) is 0 Å². The highest BCUT2D eigenvalue weighted by Crippen LogP contribution is 2.45. The molecule has 1 atom stereocenters. The molecule has 10 aromatic rings. The largest absolute Gasteiger partial charge is 0.435 e. The van der Waals surface area contributed by atoms with E-state index in [0.29, 0.717) is 5.89 Å². The maximum atomic E-state index is 6.48. The van der Waals surface area contributed by atoms with Gasteiger partial charge in [0.15, 0.2) is 5.58 Å². The molecule has 4 heteroatoms. The zero-order valence-corrected chi connectivity index (χ0v) is 31.2. The number of para-hydroxylation sites is 3. The molecule has 0 radical (unpaired) electrons. The van der Waals surface area contributed by atoms with Crippen LogP contribution < -0.4 is 4.90 Å². The summed E-state index contributed by atoms with van der Waals surface area (Å²) < 4.78 is 8.87. The van der Waals surface area contributed by atoms with Crippen molar-refractivity contribution in [1.82, 2.24) is 9.55 Å². The SMILES string of the molecule is C1=CCC(c2cc(-c3ccc4ccc5nc(-c6ccccc6)oc5c4c3)ccc2N(c2ccccc2)c2ccc3c4ccccc4n(-c4ccccc4)c3c2)C=C1.